The van der Waals surface area contributed by atoms with Crippen molar-refractivity contribution in [2.75, 3.05) is 12.3 Å². The third-order valence-electron chi connectivity index (χ3n) is 5.79. The van der Waals surface area contributed by atoms with Gasteiger partial charge in [-0.3, -0.25) is 4.57 Å². The lowest BCUT2D eigenvalue weighted by Crippen LogP contribution is -2.10. The zero-order valence-corrected chi connectivity index (χ0v) is 19.0. The molecule has 166 valence electrons. The highest BCUT2D eigenvalue weighted by Gasteiger charge is 2.26. The van der Waals surface area contributed by atoms with Crippen LogP contribution in [-0.4, -0.2) is 27.1 Å². The third kappa shape index (κ3) is 4.17. The molecule has 0 aliphatic carbocycles. The minimum absolute atomic E-state index is 0.285. The van der Waals surface area contributed by atoms with E-state index in [0.717, 1.165) is 41.6 Å². The number of unbranched alkanes of at least 4 members (excludes halogenated alkanes) is 4. The number of carbonyl (C=O) groups excluding carboxylic acids is 1. The van der Waals surface area contributed by atoms with Gasteiger partial charge in [-0.2, -0.15) is 0 Å². The van der Waals surface area contributed by atoms with Crippen LogP contribution >= 0.6 is 0 Å². The van der Waals surface area contributed by atoms with E-state index in [-0.39, 0.29) is 5.56 Å². The molecule has 0 amide bonds. The number of aromatic nitrogens is 3. The number of benzene rings is 2. The van der Waals surface area contributed by atoms with Gasteiger partial charge in [-0.15, -0.1) is 0 Å². The number of nitrogens with two attached hydrogens (primary N) is 1. The Bertz CT molecular complexity index is 1280. The highest BCUT2D eigenvalue weighted by molar-refractivity contribution is 6.09. The fourth-order valence-electron chi connectivity index (χ4n) is 4.01. The zero-order chi connectivity index (χ0) is 22.7. The van der Waals surface area contributed by atoms with Crippen LogP contribution in [0.1, 0.15) is 60.5 Å². The van der Waals surface area contributed by atoms with E-state index in [0.29, 0.717) is 29.1 Å². The lowest BCUT2D eigenvalue weighted by atomic mass is 10.1. The van der Waals surface area contributed by atoms with Crippen molar-refractivity contribution in [1.82, 2.24) is 14.5 Å². The summed E-state index contributed by atoms with van der Waals surface area (Å²) in [6.45, 7) is 6.60. The first-order chi connectivity index (χ1) is 15.5. The van der Waals surface area contributed by atoms with Crippen molar-refractivity contribution in [3.8, 4) is 5.69 Å². The lowest BCUT2D eigenvalue weighted by Gasteiger charge is -2.12. The number of hydrogen-bond donors (Lipinski definition) is 1. The first-order valence-electron chi connectivity index (χ1n) is 11.3. The molecule has 2 aromatic heterocycles. The number of aryl methyl sites for hydroxylation is 2. The number of para-hydroxylation sites is 2. The van der Waals surface area contributed by atoms with Crippen molar-refractivity contribution in [2.45, 2.75) is 52.9 Å². The van der Waals surface area contributed by atoms with Crippen molar-refractivity contribution < 1.29 is 9.53 Å². The maximum Gasteiger partial charge on any atom is 0.344 e. The molecular formula is C26H30N4O2. The van der Waals surface area contributed by atoms with E-state index in [1.54, 1.807) is 0 Å². The van der Waals surface area contributed by atoms with E-state index < -0.39 is 5.97 Å². The van der Waals surface area contributed by atoms with Crippen molar-refractivity contribution >= 4 is 34.0 Å². The monoisotopic (exact) mass is 430 g/mol. The molecule has 0 aliphatic heterocycles. The van der Waals surface area contributed by atoms with Crippen molar-refractivity contribution in [3.05, 3.63) is 59.2 Å². The van der Waals surface area contributed by atoms with Gasteiger partial charge in [0.2, 0.25) is 0 Å². The molecule has 0 atom stereocenters. The molecule has 0 saturated heterocycles. The average Bonchev–Trinajstić information content (AvgIpc) is 3.06. The number of carbonyl (C=O) groups is 1. The van der Waals surface area contributed by atoms with E-state index in [4.69, 9.17) is 20.4 Å². The van der Waals surface area contributed by atoms with E-state index in [9.17, 15) is 4.79 Å². The number of nitrogen functional groups attached to an aromatic ring is 1. The summed E-state index contributed by atoms with van der Waals surface area (Å²) in [5, 5.41) is 0. The van der Waals surface area contributed by atoms with Crippen LogP contribution < -0.4 is 5.73 Å². The number of esters is 1. The Labute approximate surface area is 188 Å². The van der Waals surface area contributed by atoms with Crippen molar-refractivity contribution in [3.63, 3.8) is 0 Å². The molecule has 4 aromatic rings. The number of nitrogens with zero attached hydrogens (tertiary/aromatic N) is 3. The molecule has 0 aliphatic rings. The number of ether oxygens (including phenoxy) is 1. The summed E-state index contributed by atoms with van der Waals surface area (Å²) in [4.78, 5) is 22.7. The minimum atomic E-state index is -0.448. The van der Waals surface area contributed by atoms with Crippen molar-refractivity contribution in [2.24, 2.45) is 0 Å². The Morgan fingerprint density at radius 1 is 1.00 bits per heavy atom. The Balaban J connectivity index is 1.80. The summed E-state index contributed by atoms with van der Waals surface area (Å²) in [5.41, 5.74) is 12.4. The second kappa shape index (κ2) is 9.39. The fourth-order valence-corrected chi connectivity index (χ4v) is 4.01. The first-order valence-corrected chi connectivity index (χ1v) is 11.3. The molecular weight excluding hydrogens is 400 g/mol. The largest absolute Gasteiger partial charge is 0.462 e. The molecule has 32 heavy (non-hydrogen) atoms. The van der Waals surface area contributed by atoms with Gasteiger partial charge in [-0.1, -0.05) is 56.9 Å². The predicted octanol–water partition coefficient (Wildman–Crippen LogP) is 5.90. The van der Waals surface area contributed by atoms with Crippen LogP contribution in [0.2, 0.25) is 0 Å². The summed E-state index contributed by atoms with van der Waals surface area (Å²) in [7, 11) is 0. The number of fused-ring (bicyclic) bond motifs is 2. The van der Waals surface area contributed by atoms with E-state index in [1.165, 1.54) is 12.8 Å². The van der Waals surface area contributed by atoms with Crippen molar-refractivity contribution in [1.29, 1.82) is 0 Å². The zero-order valence-electron chi connectivity index (χ0n) is 19.0. The molecule has 0 unspecified atom stereocenters. The molecule has 0 spiro atoms. The van der Waals surface area contributed by atoms with Gasteiger partial charge in [-0.05, 0) is 49.6 Å². The smallest absolute Gasteiger partial charge is 0.344 e. The molecule has 6 nitrogen and oxygen atoms in total. The molecule has 4 rings (SSSR count). The molecule has 0 bridgehead atoms. The van der Waals surface area contributed by atoms with Gasteiger partial charge in [0, 0.05) is 0 Å². The van der Waals surface area contributed by atoms with Gasteiger partial charge in [0.25, 0.3) is 0 Å². The number of hydrogen-bond acceptors (Lipinski definition) is 5. The van der Waals surface area contributed by atoms with Crippen LogP contribution in [0.3, 0.4) is 0 Å². The SMILES string of the molecule is CCCCCCCOC(=O)c1c(N)n(-c2cc(C)ccc2C)c2nc3ccccc3nc12. The molecule has 2 heterocycles. The average molecular weight is 431 g/mol. The van der Waals surface area contributed by atoms with Crippen LogP contribution in [0.15, 0.2) is 42.5 Å². The fraction of sp³-hybridized carbons (Fsp3) is 0.346. The standard InChI is InChI=1S/C26H30N4O2/c1-4-5-6-7-10-15-32-26(31)22-23-25(29-20-12-9-8-11-19(20)28-23)30(24(22)27)21-16-17(2)13-14-18(21)3/h8-9,11-14,16H,4-7,10,15,27H2,1-3H3. The molecule has 6 heteroatoms. The third-order valence-corrected chi connectivity index (χ3v) is 5.79. The van der Waals surface area contributed by atoms with E-state index >= 15 is 0 Å². The minimum Gasteiger partial charge on any atom is -0.462 e. The predicted molar refractivity (Wildman–Crippen MR) is 129 cm³/mol. The van der Waals surface area contributed by atoms with Gasteiger partial charge < -0.3 is 10.5 Å². The molecule has 0 radical (unpaired) electrons. The van der Waals surface area contributed by atoms with Gasteiger partial charge in [-0.25, -0.2) is 14.8 Å². The van der Waals surface area contributed by atoms with Crippen LogP contribution in [0.25, 0.3) is 27.9 Å². The normalized spacial score (nSPS) is 11.3. The van der Waals surface area contributed by atoms with Crippen LogP contribution in [0.4, 0.5) is 5.82 Å². The van der Waals surface area contributed by atoms with E-state index in [1.807, 2.05) is 54.8 Å². The topological polar surface area (TPSA) is 83.0 Å². The van der Waals surface area contributed by atoms with Gasteiger partial charge >= 0.3 is 5.97 Å². The van der Waals surface area contributed by atoms with Crippen LogP contribution in [-0.2, 0) is 4.74 Å². The van der Waals surface area contributed by atoms with Crippen LogP contribution in [0.5, 0.6) is 0 Å². The highest BCUT2D eigenvalue weighted by atomic mass is 16.5. The summed E-state index contributed by atoms with van der Waals surface area (Å²) in [6, 6.07) is 13.8. The summed E-state index contributed by atoms with van der Waals surface area (Å²) in [6.07, 6.45) is 5.43. The second-order valence-corrected chi connectivity index (χ2v) is 8.32. The first kappa shape index (κ1) is 21.8. The number of rotatable bonds is 8. The maximum atomic E-state index is 13.1. The van der Waals surface area contributed by atoms with E-state index in [2.05, 4.69) is 13.0 Å². The van der Waals surface area contributed by atoms with Gasteiger partial charge in [0.15, 0.2) is 5.65 Å². The Hall–Kier alpha value is -3.41. The lowest BCUT2D eigenvalue weighted by molar-refractivity contribution is 0.0501. The highest BCUT2D eigenvalue weighted by Crippen LogP contribution is 2.33. The Morgan fingerprint density at radius 2 is 1.72 bits per heavy atom. The summed E-state index contributed by atoms with van der Waals surface area (Å²) >= 11 is 0. The molecule has 2 N–H and O–H groups in total. The van der Waals surface area contributed by atoms with Gasteiger partial charge in [0.05, 0.1) is 23.3 Å². The Morgan fingerprint density at radius 3 is 2.47 bits per heavy atom. The summed E-state index contributed by atoms with van der Waals surface area (Å²) < 4.78 is 7.44. The maximum absolute atomic E-state index is 13.1. The van der Waals surface area contributed by atoms with Crippen LogP contribution in [0, 0.1) is 13.8 Å². The Kier molecular flexibility index (Phi) is 6.40. The molecule has 0 fully saturated rings. The molecule has 2 aromatic carbocycles. The molecule has 0 saturated carbocycles. The van der Waals surface area contributed by atoms with Gasteiger partial charge in [0.1, 0.15) is 16.9 Å². The summed E-state index contributed by atoms with van der Waals surface area (Å²) in [5.74, 6) is -0.142. The second-order valence-electron chi connectivity index (χ2n) is 8.32. The quantitative estimate of drug-likeness (QED) is 0.278. The number of anilines is 1.